The standard InChI is InChI=1S/C12H14N4O/c1-9(2)10-3-5-11(6-4-10)12(17)15-16-7-13-14-8-16/h3-9H,1-2H3,(H,15,17). The zero-order chi connectivity index (χ0) is 12.3. The summed E-state index contributed by atoms with van der Waals surface area (Å²) in [6.07, 6.45) is 2.86. The number of carbonyl (C=O) groups excluding carboxylic acids is 1. The van der Waals surface area contributed by atoms with Crippen LogP contribution in [0.2, 0.25) is 0 Å². The molecular weight excluding hydrogens is 216 g/mol. The first-order valence-electron chi connectivity index (χ1n) is 5.43. The molecule has 0 aliphatic carbocycles. The summed E-state index contributed by atoms with van der Waals surface area (Å²) in [5.74, 6) is 0.282. The fraction of sp³-hybridized carbons (Fsp3) is 0.250. The number of amides is 1. The van der Waals surface area contributed by atoms with Crippen molar-refractivity contribution in [3.63, 3.8) is 0 Å². The Bertz CT molecular complexity index is 488. The van der Waals surface area contributed by atoms with E-state index in [4.69, 9.17) is 0 Å². The van der Waals surface area contributed by atoms with E-state index >= 15 is 0 Å². The van der Waals surface area contributed by atoms with Crippen molar-refractivity contribution >= 4 is 5.91 Å². The molecule has 0 radical (unpaired) electrons. The molecule has 0 saturated heterocycles. The van der Waals surface area contributed by atoms with Crippen molar-refractivity contribution in [1.82, 2.24) is 14.9 Å². The van der Waals surface area contributed by atoms with Gasteiger partial charge in [0.1, 0.15) is 12.7 Å². The number of aromatic nitrogens is 3. The first-order chi connectivity index (χ1) is 8.16. The topological polar surface area (TPSA) is 59.8 Å². The number of rotatable bonds is 3. The summed E-state index contributed by atoms with van der Waals surface area (Å²) >= 11 is 0. The molecule has 0 saturated carbocycles. The van der Waals surface area contributed by atoms with Gasteiger partial charge in [0, 0.05) is 5.56 Å². The van der Waals surface area contributed by atoms with Gasteiger partial charge < -0.3 is 0 Å². The summed E-state index contributed by atoms with van der Waals surface area (Å²) < 4.78 is 1.42. The fourth-order valence-electron chi connectivity index (χ4n) is 1.46. The fourth-order valence-corrected chi connectivity index (χ4v) is 1.46. The molecule has 5 nitrogen and oxygen atoms in total. The predicted octanol–water partition coefficient (Wildman–Crippen LogP) is 1.79. The van der Waals surface area contributed by atoms with Gasteiger partial charge in [-0.1, -0.05) is 26.0 Å². The van der Waals surface area contributed by atoms with Crippen molar-refractivity contribution in [2.24, 2.45) is 0 Å². The van der Waals surface area contributed by atoms with E-state index in [2.05, 4.69) is 29.5 Å². The van der Waals surface area contributed by atoms with Crippen LogP contribution >= 0.6 is 0 Å². The molecule has 1 amide bonds. The Morgan fingerprint density at radius 2 is 1.76 bits per heavy atom. The van der Waals surface area contributed by atoms with E-state index in [1.54, 1.807) is 0 Å². The molecule has 1 N–H and O–H groups in total. The molecule has 0 fully saturated rings. The maximum Gasteiger partial charge on any atom is 0.270 e. The molecule has 1 aromatic carbocycles. The molecule has 0 bridgehead atoms. The molecule has 0 unspecified atom stereocenters. The smallest absolute Gasteiger partial charge is 0.267 e. The van der Waals surface area contributed by atoms with Crippen LogP contribution in [0.25, 0.3) is 0 Å². The molecule has 0 aliphatic heterocycles. The van der Waals surface area contributed by atoms with E-state index in [1.165, 1.54) is 22.9 Å². The molecule has 1 aromatic heterocycles. The molecule has 17 heavy (non-hydrogen) atoms. The summed E-state index contributed by atoms with van der Waals surface area (Å²) in [6, 6.07) is 7.56. The average Bonchev–Trinajstić information content (AvgIpc) is 2.82. The summed E-state index contributed by atoms with van der Waals surface area (Å²) in [4.78, 5) is 11.8. The molecule has 2 aromatic rings. The van der Waals surface area contributed by atoms with E-state index in [0.29, 0.717) is 11.5 Å². The molecule has 0 aliphatic rings. The summed E-state index contributed by atoms with van der Waals surface area (Å²) in [5, 5.41) is 7.21. The average molecular weight is 230 g/mol. The van der Waals surface area contributed by atoms with Crippen LogP contribution in [0.5, 0.6) is 0 Å². The Kier molecular flexibility index (Phi) is 3.18. The Labute approximate surface area is 99.5 Å². The molecule has 2 rings (SSSR count). The van der Waals surface area contributed by atoms with Gasteiger partial charge in [0.15, 0.2) is 0 Å². The highest BCUT2D eigenvalue weighted by atomic mass is 16.2. The van der Waals surface area contributed by atoms with E-state index in [0.717, 1.165) is 0 Å². The Morgan fingerprint density at radius 1 is 1.18 bits per heavy atom. The van der Waals surface area contributed by atoms with Crippen LogP contribution in [-0.4, -0.2) is 20.8 Å². The highest BCUT2D eigenvalue weighted by Crippen LogP contribution is 2.14. The van der Waals surface area contributed by atoms with Gasteiger partial charge in [0.2, 0.25) is 0 Å². The molecule has 0 atom stereocenters. The lowest BCUT2D eigenvalue weighted by Gasteiger charge is -2.07. The predicted molar refractivity (Wildman–Crippen MR) is 64.2 cm³/mol. The van der Waals surface area contributed by atoms with Crippen LogP contribution in [0.15, 0.2) is 36.9 Å². The monoisotopic (exact) mass is 230 g/mol. The Morgan fingerprint density at radius 3 is 2.29 bits per heavy atom. The van der Waals surface area contributed by atoms with Crippen molar-refractivity contribution in [2.45, 2.75) is 19.8 Å². The molecule has 5 heteroatoms. The van der Waals surface area contributed by atoms with E-state index in [1.807, 2.05) is 24.3 Å². The number of benzene rings is 1. The van der Waals surface area contributed by atoms with Crippen molar-refractivity contribution in [3.05, 3.63) is 48.0 Å². The first-order valence-corrected chi connectivity index (χ1v) is 5.43. The number of hydrogen-bond donors (Lipinski definition) is 1. The largest absolute Gasteiger partial charge is 0.270 e. The number of nitrogens with zero attached hydrogens (tertiary/aromatic N) is 3. The van der Waals surface area contributed by atoms with Crippen LogP contribution in [0.3, 0.4) is 0 Å². The summed E-state index contributed by atoms with van der Waals surface area (Å²) in [5.41, 5.74) is 4.47. The maximum absolute atomic E-state index is 11.8. The third-order valence-electron chi connectivity index (χ3n) is 2.49. The second-order valence-electron chi connectivity index (χ2n) is 4.09. The highest BCUT2D eigenvalue weighted by Gasteiger charge is 2.06. The van der Waals surface area contributed by atoms with Crippen LogP contribution in [0.1, 0.15) is 35.7 Å². The zero-order valence-electron chi connectivity index (χ0n) is 9.79. The number of nitrogens with one attached hydrogen (secondary N) is 1. The SMILES string of the molecule is CC(C)c1ccc(C(=O)Nn2cnnc2)cc1. The first kappa shape index (κ1) is 11.3. The van der Waals surface area contributed by atoms with E-state index in [-0.39, 0.29) is 5.91 Å². The van der Waals surface area contributed by atoms with Gasteiger partial charge in [-0.15, -0.1) is 10.2 Å². The zero-order valence-corrected chi connectivity index (χ0v) is 9.79. The molecule has 1 heterocycles. The van der Waals surface area contributed by atoms with Gasteiger partial charge >= 0.3 is 0 Å². The Balaban J connectivity index is 2.09. The van der Waals surface area contributed by atoms with Crippen LogP contribution in [-0.2, 0) is 0 Å². The van der Waals surface area contributed by atoms with Crippen molar-refractivity contribution < 1.29 is 4.79 Å². The summed E-state index contributed by atoms with van der Waals surface area (Å²) in [6.45, 7) is 4.23. The molecule has 0 spiro atoms. The minimum Gasteiger partial charge on any atom is -0.267 e. The van der Waals surface area contributed by atoms with Crippen LogP contribution < -0.4 is 5.43 Å². The molecule has 88 valence electrons. The van der Waals surface area contributed by atoms with E-state index < -0.39 is 0 Å². The minimum absolute atomic E-state index is 0.180. The second kappa shape index (κ2) is 4.78. The number of carbonyl (C=O) groups is 1. The second-order valence-corrected chi connectivity index (χ2v) is 4.09. The third kappa shape index (κ3) is 2.69. The third-order valence-corrected chi connectivity index (χ3v) is 2.49. The van der Waals surface area contributed by atoms with Gasteiger partial charge in [-0.3, -0.25) is 10.2 Å². The van der Waals surface area contributed by atoms with Gasteiger partial charge in [-0.25, -0.2) is 4.68 Å². The minimum atomic E-state index is -0.180. The lowest BCUT2D eigenvalue weighted by atomic mass is 10.0. The van der Waals surface area contributed by atoms with Gasteiger partial charge in [-0.2, -0.15) is 0 Å². The van der Waals surface area contributed by atoms with Crippen LogP contribution in [0, 0.1) is 0 Å². The normalized spacial score (nSPS) is 10.5. The Hall–Kier alpha value is -2.17. The van der Waals surface area contributed by atoms with E-state index in [9.17, 15) is 4.79 Å². The van der Waals surface area contributed by atoms with Crippen LogP contribution in [0.4, 0.5) is 0 Å². The summed E-state index contributed by atoms with van der Waals surface area (Å²) in [7, 11) is 0. The van der Waals surface area contributed by atoms with Gasteiger partial charge in [0.25, 0.3) is 5.91 Å². The quantitative estimate of drug-likeness (QED) is 0.874. The van der Waals surface area contributed by atoms with Gasteiger partial charge in [0.05, 0.1) is 0 Å². The van der Waals surface area contributed by atoms with Crippen molar-refractivity contribution in [1.29, 1.82) is 0 Å². The lowest BCUT2D eigenvalue weighted by Crippen LogP contribution is -2.21. The maximum atomic E-state index is 11.8. The lowest BCUT2D eigenvalue weighted by molar-refractivity contribution is 0.101. The van der Waals surface area contributed by atoms with Gasteiger partial charge in [-0.05, 0) is 23.6 Å². The molecular formula is C12H14N4O. The van der Waals surface area contributed by atoms with Crippen molar-refractivity contribution in [3.8, 4) is 0 Å². The highest BCUT2D eigenvalue weighted by molar-refractivity contribution is 5.99. The number of hydrogen-bond acceptors (Lipinski definition) is 3. The van der Waals surface area contributed by atoms with Crippen molar-refractivity contribution in [2.75, 3.05) is 5.43 Å².